The van der Waals surface area contributed by atoms with Gasteiger partial charge in [-0.2, -0.15) is 0 Å². The van der Waals surface area contributed by atoms with Crippen LogP contribution < -0.4 is 4.90 Å². The molecule has 1 aromatic carbocycles. The van der Waals surface area contributed by atoms with E-state index in [0.717, 1.165) is 0 Å². The highest BCUT2D eigenvalue weighted by Crippen LogP contribution is 2.50. The van der Waals surface area contributed by atoms with E-state index in [1.165, 1.54) is 56.3 Å². The Labute approximate surface area is 118 Å². The third-order valence-electron chi connectivity index (χ3n) is 5.16. The Morgan fingerprint density at radius 2 is 1.68 bits per heavy atom. The van der Waals surface area contributed by atoms with Crippen LogP contribution in [-0.4, -0.2) is 12.1 Å². The van der Waals surface area contributed by atoms with Gasteiger partial charge in [-0.1, -0.05) is 51.3 Å². The van der Waals surface area contributed by atoms with E-state index in [1.807, 2.05) is 0 Å². The van der Waals surface area contributed by atoms with Crippen LogP contribution in [0, 0.1) is 12.3 Å². The van der Waals surface area contributed by atoms with E-state index in [1.54, 1.807) is 0 Å². The summed E-state index contributed by atoms with van der Waals surface area (Å²) in [5, 5.41) is 0. The van der Waals surface area contributed by atoms with Gasteiger partial charge in [0.2, 0.25) is 0 Å². The highest BCUT2D eigenvalue weighted by Gasteiger charge is 2.49. The van der Waals surface area contributed by atoms with Gasteiger partial charge in [0.05, 0.1) is 0 Å². The lowest BCUT2D eigenvalue weighted by molar-refractivity contribution is 0.263. The first-order valence-corrected chi connectivity index (χ1v) is 7.86. The van der Waals surface area contributed by atoms with Gasteiger partial charge in [0.25, 0.3) is 0 Å². The van der Waals surface area contributed by atoms with Crippen molar-refractivity contribution >= 4 is 5.69 Å². The zero-order chi connectivity index (χ0) is 13.5. The van der Waals surface area contributed by atoms with Crippen LogP contribution in [0.2, 0.25) is 0 Å². The largest absolute Gasteiger partial charge is 0.365 e. The molecule has 2 aliphatic rings. The number of anilines is 1. The summed E-state index contributed by atoms with van der Waals surface area (Å²) in [6.07, 6.45) is 8.42. The molecule has 3 rings (SSSR count). The monoisotopic (exact) mass is 257 g/mol. The molecule has 0 aromatic heterocycles. The summed E-state index contributed by atoms with van der Waals surface area (Å²) >= 11 is 0. The minimum atomic E-state index is 0.452. The zero-order valence-electron chi connectivity index (χ0n) is 12.7. The normalized spacial score (nSPS) is 24.9. The van der Waals surface area contributed by atoms with Crippen molar-refractivity contribution in [2.45, 2.75) is 64.8 Å². The van der Waals surface area contributed by atoms with Gasteiger partial charge < -0.3 is 4.90 Å². The molecule has 0 N–H and O–H groups in total. The Bertz CT molecular complexity index is 455. The molecule has 1 saturated heterocycles. The van der Waals surface area contributed by atoms with Crippen molar-refractivity contribution < 1.29 is 0 Å². The number of aryl methyl sites for hydroxylation is 1. The second-order valence-corrected chi connectivity index (χ2v) is 7.50. The molecule has 0 bridgehead atoms. The quantitative estimate of drug-likeness (QED) is 0.689. The maximum atomic E-state index is 2.77. The summed E-state index contributed by atoms with van der Waals surface area (Å²) in [7, 11) is 0. The minimum absolute atomic E-state index is 0.452. The Kier molecular flexibility index (Phi) is 3.11. The number of hydrogen-bond donors (Lipinski definition) is 0. The molecule has 1 heteroatoms. The van der Waals surface area contributed by atoms with Crippen LogP contribution in [0.1, 0.15) is 57.9 Å². The molecule has 104 valence electrons. The molecule has 0 radical (unpaired) electrons. The van der Waals surface area contributed by atoms with E-state index < -0.39 is 0 Å². The second-order valence-electron chi connectivity index (χ2n) is 7.50. The molecule has 0 atom stereocenters. The van der Waals surface area contributed by atoms with Gasteiger partial charge in [-0.05, 0) is 43.2 Å². The van der Waals surface area contributed by atoms with E-state index in [0.29, 0.717) is 11.0 Å². The fourth-order valence-corrected chi connectivity index (χ4v) is 4.50. The first kappa shape index (κ1) is 13.0. The summed E-state index contributed by atoms with van der Waals surface area (Å²) in [6, 6.07) is 8.95. The van der Waals surface area contributed by atoms with Gasteiger partial charge in [-0.15, -0.1) is 0 Å². The van der Waals surface area contributed by atoms with Crippen molar-refractivity contribution in [3.8, 4) is 0 Å². The van der Waals surface area contributed by atoms with Crippen LogP contribution in [0.4, 0.5) is 5.69 Å². The van der Waals surface area contributed by atoms with Crippen molar-refractivity contribution in [1.82, 2.24) is 0 Å². The van der Waals surface area contributed by atoms with Gasteiger partial charge >= 0.3 is 0 Å². The van der Waals surface area contributed by atoms with E-state index in [4.69, 9.17) is 0 Å². The predicted molar refractivity (Wildman–Crippen MR) is 82.7 cm³/mol. The summed E-state index contributed by atoms with van der Waals surface area (Å²) in [5.74, 6) is 0. The Morgan fingerprint density at radius 1 is 1.00 bits per heavy atom. The molecule has 1 spiro atoms. The van der Waals surface area contributed by atoms with Crippen molar-refractivity contribution in [3.63, 3.8) is 0 Å². The van der Waals surface area contributed by atoms with Gasteiger partial charge in [0.15, 0.2) is 0 Å². The molecule has 2 fully saturated rings. The van der Waals surface area contributed by atoms with E-state index in [9.17, 15) is 0 Å². The Hall–Kier alpha value is -0.980. The average molecular weight is 257 g/mol. The van der Waals surface area contributed by atoms with Gasteiger partial charge in [-0.25, -0.2) is 0 Å². The lowest BCUT2D eigenvalue weighted by Crippen LogP contribution is -2.45. The highest BCUT2D eigenvalue weighted by atomic mass is 15.2. The van der Waals surface area contributed by atoms with E-state index in [-0.39, 0.29) is 0 Å². The van der Waals surface area contributed by atoms with Crippen LogP contribution in [0.25, 0.3) is 0 Å². The van der Waals surface area contributed by atoms with Gasteiger partial charge in [-0.3, -0.25) is 0 Å². The molecule has 1 saturated carbocycles. The maximum absolute atomic E-state index is 2.77. The topological polar surface area (TPSA) is 3.24 Å². The average Bonchev–Trinajstić information content (AvgIpc) is 2.62. The molecule has 1 aliphatic carbocycles. The summed E-state index contributed by atoms with van der Waals surface area (Å²) in [6.45, 7) is 8.37. The van der Waals surface area contributed by atoms with Crippen molar-refractivity contribution in [2.75, 3.05) is 11.4 Å². The second kappa shape index (κ2) is 4.54. The van der Waals surface area contributed by atoms with E-state index >= 15 is 0 Å². The standard InChI is InChI=1S/C18H27N/c1-15-9-5-6-10-16(15)19-14-17(2,3)13-18(19)11-7-4-8-12-18/h5-6,9-10H,4,7-8,11-14H2,1-3H3. The molecule has 19 heavy (non-hydrogen) atoms. The molecular formula is C18H27N. The van der Waals surface area contributed by atoms with Crippen LogP contribution in [0.3, 0.4) is 0 Å². The number of para-hydroxylation sites is 1. The first-order chi connectivity index (χ1) is 9.03. The molecule has 0 unspecified atom stereocenters. The minimum Gasteiger partial charge on any atom is -0.365 e. The molecular weight excluding hydrogens is 230 g/mol. The fourth-order valence-electron chi connectivity index (χ4n) is 4.50. The van der Waals surface area contributed by atoms with Crippen LogP contribution in [0.5, 0.6) is 0 Å². The molecule has 1 aromatic rings. The summed E-state index contributed by atoms with van der Waals surface area (Å²) in [4.78, 5) is 2.77. The number of hydrogen-bond acceptors (Lipinski definition) is 1. The van der Waals surface area contributed by atoms with Crippen molar-refractivity contribution in [1.29, 1.82) is 0 Å². The molecule has 1 heterocycles. The lowest BCUT2D eigenvalue weighted by Gasteiger charge is -2.43. The zero-order valence-corrected chi connectivity index (χ0v) is 12.7. The highest BCUT2D eigenvalue weighted by molar-refractivity contribution is 5.57. The lowest BCUT2D eigenvalue weighted by atomic mass is 9.75. The number of nitrogens with zero attached hydrogens (tertiary/aromatic N) is 1. The molecule has 1 nitrogen and oxygen atoms in total. The third-order valence-corrected chi connectivity index (χ3v) is 5.16. The van der Waals surface area contributed by atoms with Crippen LogP contribution >= 0.6 is 0 Å². The molecule has 0 amide bonds. The van der Waals surface area contributed by atoms with Crippen molar-refractivity contribution in [2.24, 2.45) is 5.41 Å². The summed E-state index contributed by atoms with van der Waals surface area (Å²) in [5.41, 5.74) is 3.83. The van der Waals surface area contributed by atoms with Crippen molar-refractivity contribution in [3.05, 3.63) is 29.8 Å². The number of benzene rings is 1. The molecule has 1 aliphatic heterocycles. The summed E-state index contributed by atoms with van der Waals surface area (Å²) < 4.78 is 0. The fraction of sp³-hybridized carbons (Fsp3) is 0.667. The van der Waals surface area contributed by atoms with Crippen LogP contribution in [-0.2, 0) is 0 Å². The van der Waals surface area contributed by atoms with Gasteiger partial charge in [0.1, 0.15) is 0 Å². The predicted octanol–water partition coefficient (Wildman–Crippen LogP) is 4.93. The SMILES string of the molecule is Cc1ccccc1N1CC(C)(C)CC12CCCCC2. The maximum Gasteiger partial charge on any atom is 0.0408 e. The Balaban J connectivity index is 2.00. The van der Waals surface area contributed by atoms with E-state index in [2.05, 4.69) is 49.9 Å². The number of rotatable bonds is 1. The third kappa shape index (κ3) is 2.28. The Morgan fingerprint density at radius 3 is 2.37 bits per heavy atom. The first-order valence-electron chi connectivity index (χ1n) is 7.86. The van der Waals surface area contributed by atoms with Gasteiger partial charge in [0, 0.05) is 17.8 Å². The van der Waals surface area contributed by atoms with Crippen LogP contribution in [0.15, 0.2) is 24.3 Å². The smallest absolute Gasteiger partial charge is 0.0408 e.